The molecule has 1 aliphatic rings. The Labute approximate surface area is 174 Å². The Morgan fingerprint density at radius 3 is 2.40 bits per heavy atom. The minimum Gasteiger partial charge on any atom is -0.459 e. The van der Waals surface area contributed by atoms with Gasteiger partial charge in [-0.3, -0.25) is 4.79 Å². The first-order chi connectivity index (χ1) is 14.3. The molecule has 0 saturated carbocycles. The average molecular weight is 415 g/mol. The highest BCUT2D eigenvalue weighted by molar-refractivity contribution is 6.04. The zero-order valence-corrected chi connectivity index (χ0v) is 16.7. The number of hydrogen-bond acceptors (Lipinski definition) is 7. The number of aliphatic hydroxyl groups is 3. The van der Waals surface area contributed by atoms with Gasteiger partial charge in [-0.15, -0.1) is 0 Å². The van der Waals surface area contributed by atoms with Crippen LogP contribution in [0.5, 0.6) is 0 Å². The Bertz CT molecular complexity index is 902. The SMILES string of the molecule is Cc1cc(NC(=O)c2ccccc2)ccc1C(=O)OC[C@H]1OC(C)[C@H](O)[C@@H](O)[C@@H]1O. The Morgan fingerprint density at radius 2 is 1.73 bits per heavy atom. The van der Waals surface area contributed by atoms with E-state index in [2.05, 4.69) is 5.32 Å². The predicted octanol–water partition coefficient (Wildman–Crippen LogP) is 1.27. The first kappa shape index (κ1) is 21.9. The molecule has 0 radical (unpaired) electrons. The molecule has 0 aromatic heterocycles. The van der Waals surface area contributed by atoms with Gasteiger partial charge in [-0.2, -0.15) is 0 Å². The lowest BCUT2D eigenvalue weighted by atomic mass is 9.96. The second-order valence-electron chi connectivity index (χ2n) is 7.30. The van der Waals surface area contributed by atoms with Crippen LogP contribution in [-0.4, -0.2) is 64.3 Å². The van der Waals surface area contributed by atoms with Crippen LogP contribution >= 0.6 is 0 Å². The maximum atomic E-state index is 12.4. The predicted molar refractivity (Wildman–Crippen MR) is 108 cm³/mol. The molecular formula is C22H25NO7. The lowest BCUT2D eigenvalue weighted by molar-refractivity contribution is -0.224. The van der Waals surface area contributed by atoms with Crippen molar-refractivity contribution in [2.75, 3.05) is 11.9 Å². The van der Waals surface area contributed by atoms with Gasteiger partial charge in [0.1, 0.15) is 31.0 Å². The maximum Gasteiger partial charge on any atom is 0.338 e. The number of carbonyl (C=O) groups is 2. The van der Waals surface area contributed by atoms with E-state index in [0.29, 0.717) is 22.4 Å². The molecule has 8 nitrogen and oxygen atoms in total. The van der Waals surface area contributed by atoms with E-state index in [1.165, 1.54) is 6.07 Å². The summed E-state index contributed by atoms with van der Waals surface area (Å²) in [5.41, 5.74) is 1.95. The number of rotatable bonds is 5. The fourth-order valence-corrected chi connectivity index (χ4v) is 3.27. The highest BCUT2D eigenvalue weighted by Gasteiger charge is 2.42. The van der Waals surface area contributed by atoms with E-state index in [1.54, 1.807) is 50.2 Å². The molecule has 8 heteroatoms. The molecule has 1 fully saturated rings. The van der Waals surface area contributed by atoms with Crippen molar-refractivity contribution in [1.82, 2.24) is 0 Å². The van der Waals surface area contributed by atoms with Gasteiger partial charge in [0.05, 0.1) is 11.7 Å². The molecule has 1 unspecified atom stereocenters. The van der Waals surface area contributed by atoms with Crippen molar-refractivity contribution in [2.45, 2.75) is 44.4 Å². The highest BCUT2D eigenvalue weighted by atomic mass is 16.6. The van der Waals surface area contributed by atoms with Crippen LogP contribution in [0, 0.1) is 6.92 Å². The molecule has 3 rings (SSSR count). The number of aliphatic hydroxyl groups excluding tert-OH is 3. The van der Waals surface area contributed by atoms with Gasteiger partial charge in [-0.25, -0.2) is 4.79 Å². The van der Waals surface area contributed by atoms with Crippen LogP contribution in [0.2, 0.25) is 0 Å². The summed E-state index contributed by atoms with van der Waals surface area (Å²) in [5, 5.41) is 32.3. The van der Waals surface area contributed by atoms with Crippen LogP contribution in [-0.2, 0) is 9.47 Å². The Hall–Kier alpha value is -2.78. The third kappa shape index (κ3) is 4.85. The lowest BCUT2D eigenvalue weighted by Crippen LogP contribution is -2.57. The number of carbonyl (C=O) groups excluding carboxylic acids is 2. The van der Waals surface area contributed by atoms with Crippen molar-refractivity contribution >= 4 is 17.6 Å². The fraction of sp³-hybridized carbons (Fsp3) is 0.364. The second kappa shape index (κ2) is 9.36. The molecule has 0 spiro atoms. The van der Waals surface area contributed by atoms with Crippen molar-refractivity contribution in [3.05, 3.63) is 65.2 Å². The summed E-state index contributed by atoms with van der Waals surface area (Å²) in [4.78, 5) is 24.7. The number of esters is 1. The summed E-state index contributed by atoms with van der Waals surface area (Å²) >= 11 is 0. The Balaban J connectivity index is 1.61. The first-order valence-electron chi connectivity index (χ1n) is 9.61. The molecule has 2 aromatic carbocycles. The van der Waals surface area contributed by atoms with Crippen molar-refractivity contribution in [3.63, 3.8) is 0 Å². The second-order valence-corrected chi connectivity index (χ2v) is 7.30. The first-order valence-corrected chi connectivity index (χ1v) is 9.61. The average Bonchev–Trinajstić information content (AvgIpc) is 2.74. The van der Waals surface area contributed by atoms with Gasteiger partial charge >= 0.3 is 5.97 Å². The summed E-state index contributed by atoms with van der Waals surface area (Å²) in [6.07, 6.45) is -5.63. The standard InChI is InChI=1S/C22H25NO7/c1-12-10-15(23-21(27)14-6-4-3-5-7-14)8-9-16(12)22(28)29-11-17-19(25)20(26)18(24)13(2)30-17/h3-10,13,17-20,24-26H,11H2,1-2H3,(H,23,27)/t13?,17-,18+,19-,20-/m1/s1. The highest BCUT2D eigenvalue weighted by Crippen LogP contribution is 2.22. The van der Waals surface area contributed by atoms with Gasteiger partial charge in [-0.1, -0.05) is 18.2 Å². The van der Waals surface area contributed by atoms with E-state index in [1.807, 2.05) is 6.07 Å². The third-order valence-corrected chi connectivity index (χ3v) is 5.07. The van der Waals surface area contributed by atoms with Crippen LogP contribution in [0.3, 0.4) is 0 Å². The topological polar surface area (TPSA) is 125 Å². The van der Waals surface area contributed by atoms with E-state index in [9.17, 15) is 24.9 Å². The number of aryl methyl sites for hydroxylation is 1. The van der Waals surface area contributed by atoms with Gasteiger partial charge in [0.15, 0.2) is 0 Å². The molecule has 1 amide bonds. The molecule has 2 aromatic rings. The van der Waals surface area contributed by atoms with Crippen LogP contribution in [0.4, 0.5) is 5.69 Å². The lowest BCUT2D eigenvalue weighted by Gasteiger charge is -2.38. The van der Waals surface area contributed by atoms with Crippen LogP contribution in [0.15, 0.2) is 48.5 Å². The van der Waals surface area contributed by atoms with Gasteiger partial charge in [-0.05, 0) is 49.7 Å². The number of benzene rings is 2. The van der Waals surface area contributed by atoms with Crippen molar-refractivity contribution in [1.29, 1.82) is 0 Å². The summed E-state index contributed by atoms with van der Waals surface area (Å²) in [6, 6.07) is 13.6. The van der Waals surface area contributed by atoms with E-state index < -0.39 is 36.5 Å². The molecule has 30 heavy (non-hydrogen) atoms. The zero-order valence-electron chi connectivity index (χ0n) is 16.7. The molecule has 5 atom stereocenters. The molecule has 1 saturated heterocycles. The van der Waals surface area contributed by atoms with Gasteiger partial charge < -0.3 is 30.1 Å². The van der Waals surface area contributed by atoms with E-state index in [-0.39, 0.29) is 12.5 Å². The van der Waals surface area contributed by atoms with E-state index in [0.717, 1.165) is 0 Å². The third-order valence-electron chi connectivity index (χ3n) is 5.07. The summed E-state index contributed by atoms with van der Waals surface area (Å²) in [6.45, 7) is 2.99. The van der Waals surface area contributed by atoms with E-state index >= 15 is 0 Å². The van der Waals surface area contributed by atoms with Crippen LogP contribution in [0.25, 0.3) is 0 Å². The molecule has 1 heterocycles. The Morgan fingerprint density at radius 1 is 1.03 bits per heavy atom. The monoisotopic (exact) mass is 415 g/mol. The summed E-state index contributed by atoms with van der Waals surface area (Å²) in [7, 11) is 0. The normalized spacial score (nSPS) is 26.1. The van der Waals surface area contributed by atoms with Crippen molar-refractivity contribution in [3.8, 4) is 0 Å². The van der Waals surface area contributed by atoms with Crippen LogP contribution < -0.4 is 5.32 Å². The van der Waals surface area contributed by atoms with Crippen molar-refractivity contribution < 1.29 is 34.4 Å². The molecular weight excluding hydrogens is 390 g/mol. The van der Waals surface area contributed by atoms with E-state index in [4.69, 9.17) is 9.47 Å². The Kier molecular flexibility index (Phi) is 6.84. The molecule has 4 N–H and O–H groups in total. The largest absolute Gasteiger partial charge is 0.459 e. The maximum absolute atomic E-state index is 12.4. The minimum atomic E-state index is -1.38. The van der Waals surface area contributed by atoms with Gasteiger partial charge in [0, 0.05) is 11.3 Å². The van der Waals surface area contributed by atoms with Gasteiger partial charge in [0.2, 0.25) is 0 Å². The molecule has 160 valence electrons. The summed E-state index contributed by atoms with van der Waals surface area (Å²) in [5.74, 6) is -0.888. The zero-order chi connectivity index (χ0) is 21.8. The minimum absolute atomic E-state index is 0.261. The quantitative estimate of drug-likeness (QED) is 0.542. The molecule has 0 bridgehead atoms. The number of anilines is 1. The number of amides is 1. The van der Waals surface area contributed by atoms with Crippen molar-refractivity contribution in [2.24, 2.45) is 0 Å². The molecule has 1 aliphatic heterocycles. The molecule has 0 aliphatic carbocycles. The van der Waals surface area contributed by atoms with Gasteiger partial charge in [0.25, 0.3) is 5.91 Å². The smallest absolute Gasteiger partial charge is 0.338 e. The number of hydrogen-bond donors (Lipinski definition) is 4. The van der Waals surface area contributed by atoms with Crippen LogP contribution in [0.1, 0.15) is 33.2 Å². The number of ether oxygens (including phenoxy) is 2. The summed E-state index contributed by atoms with van der Waals surface area (Å²) < 4.78 is 10.7. The number of nitrogens with one attached hydrogen (secondary N) is 1. The fourth-order valence-electron chi connectivity index (χ4n) is 3.27.